The van der Waals surface area contributed by atoms with Gasteiger partial charge in [-0.1, -0.05) is 24.3 Å². The number of rotatable bonds is 5. The number of nitro benzene ring substituents is 1. The largest absolute Gasteiger partial charge is 0.372 e. The molecule has 0 atom stereocenters. The number of imide groups is 1. The molecule has 29 heavy (non-hydrogen) atoms. The molecular weight excluding hydrogens is 390 g/mol. The third kappa shape index (κ3) is 4.17. The summed E-state index contributed by atoms with van der Waals surface area (Å²) >= 11 is 0.913. The number of nitro groups is 1. The van der Waals surface area contributed by atoms with E-state index in [0.29, 0.717) is 10.5 Å². The van der Waals surface area contributed by atoms with E-state index in [0.717, 1.165) is 35.3 Å². The van der Waals surface area contributed by atoms with Crippen LogP contribution in [0.1, 0.15) is 24.0 Å². The van der Waals surface area contributed by atoms with E-state index in [9.17, 15) is 19.7 Å². The lowest BCUT2D eigenvalue weighted by Gasteiger charge is -2.17. The molecule has 0 aliphatic carbocycles. The monoisotopic (exact) mass is 409 g/mol. The van der Waals surface area contributed by atoms with Gasteiger partial charge >= 0.3 is 0 Å². The highest BCUT2D eigenvalue weighted by Gasteiger charge is 2.35. The lowest BCUT2D eigenvalue weighted by Crippen LogP contribution is -2.27. The summed E-state index contributed by atoms with van der Waals surface area (Å²) in [5.41, 5.74) is 2.67. The Kier molecular flexibility index (Phi) is 5.35. The first-order valence-corrected chi connectivity index (χ1v) is 10.2. The third-order valence-corrected chi connectivity index (χ3v) is 5.93. The van der Waals surface area contributed by atoms with Gasteiger partial charge in [-0.25, -0.2) is 0 Å². The quantitative estimate of drug-likeness (QED) is 0.413. The fourth-order valence-electron chi connectivity index (χ4n) is 3.45. The maximum absolute atomic E-state index is 12.7. The Hall–Kier alpha value is -3.13. The number of benzene rings is 2. The molecule has 0 bridgehead atoms. The van der Waals surface area contributed by atoms with E-state index in [1.54, 1.807) is 18.2 Å². The van der Waals surface area contributed by atoms with Crippen LogP contribution in [0.15, 0.2) is 53.4 Å². The minimum absolute atomic E-state index is 0.0276. The zero-order valence-corrected chi connectivity index (χ0v) is 16.4. The smallest absolute Gasteiger partial charge is 0.293 e. The highest BCUT2D eigenvalue weighted by molar-refractivity contribution is 8.18. The van der Waals surface area contributed by atoms with Gasteiger partial charge in [0.25, 0.3) is 16.8 Å². The summed E-state index contributed by atoms with van der Waals surface area (Å²) in [6.45, 7) is 2.23. The molecule has 0 aromatic heterocycles. The van der Waals surface area contributed by atoms with E-state index in [1.165, 1.54) is 30.7 Å². The number of thioether (sulfide) groups is 1. The molecule has 0 unspecified atom stereocenters. The highest BCUT2D eigenvalue weighted by Crippen LogP contribution is 2.33. The van der Waals surface area contributed by atoms with Gasteiger partial charge in [0.15, 0.2) is 0 Å². The fourth-order valence-corrected chi connectivity index (χ4v) is 4.29. The van der Waals surface area contributed by atoms with E-state index in [1.807, 2.05) is 24.3 Å². The predicted molar refractivity (Wildman–Crippen MR) is 112 cm³/mol. The molecule has 0 spiro atoms. The number of carbonyl (C=O) groups excluding carboxylic acids is 2. The van der Waals surface area contributed by atoms with Gasteiger partial charge in [-0.15, -0.1) is 0 Å². The summed E-state index contributed by atoms with van der Waals surface area (Å²) in [4.78, 5) is 39.1. The average molecular weight is 409 g/mol. The van der Waals surface area contributed by atoms with Crippen LogP contribution >= 0.6 is 11.8 Å². The number of hydrogen-bond acceptors (Lipinski definition) is 6. The van der Waals surface area contributed by atoms with E-state index < -0.39 is 4.92 Å². The molecular formula is C21H19N3O4S. The van der Waals surface area contributed by atoms with Crippen molar-refractivity contribution in [1.29, 1.82) is 0 Å². The van der Waals surface area contributed by atoms with Crippen LogP contribution in [0.2, 0.25) is 0 Å². The van der Waals surface area contributed by atoms with Gasteiger partial charge in [0, 0.05) is 30.9 Å². The molecule has 0 saturated carbocycles. The topological polar surface area (TPSA) is 83.8 Å². The first-order valence-electron chi connectivity index (χ1n) is 9.35. The second kappa shape index (κ2) is 8.08. The van der Waals surface area contributed by atoms with Crippen molar-refractivity contribution in [3.05, 3.63) is 74.7 Å². The number of non-ortho nitro benzene ring substituents is 1. The average Bonchev–Trinajstić information content (AvgIpc) is 3.34. The summed E-state index contributed by atoms with van der Waals surface area (Å²) in [6, 6.07) is 13.8. The minimum Gasteiger partial charge on any atom is -0.372 e. The molecule has 2 amide bonds. The zero-order valence-electron chi connectivity index (χ0n) is 15.6. The summed E-state index contributed by atoms with van der Waals surface area (Å²) in [5.74, 6) is -0.345. The number of carbonyl (C=O) groups is 2. The third-order valence-electron chi connectivity index (χ3n) is 5.02. The van der Waals surface area contributed by atoms with Crippen molar-refractivity contribution >= 4 is 40.4 Å². The van der Waals surface area contributed by atoms with Crippen molar-refractivity contribution in [3.63, 3.8) is 0 Å². The van der Waals surface area contributed by atoms with Crippen LogP contribution in [0.5, 0.6) is 0 Å². The number of nitrogens with zero attached hydrogens (tertiary/aromatic N) is 3. The molecule has 7 nitrogen and oxygen atoms in total. The molecule has 2 aliphatic heterocycles. The number of anilines is 1. The standard InChI is InChI=1S/C21H19N3O4S/c25-20-19(13-15-3-7-17(8-4-15)22-11-1-2-12-22)29-21(26)23(20)14-16-5-9-18(10-6-16)24(27)28/h3-10,13H,1-2,11-12,14H2/b19-13-. The number of hydrogen-bond donors (Lipinski definition) is 0. The molecule has 2 saturated heterocycles. The SMILES string of the molecule is O=C1S/C(=C\c2ccc(N3CCCC3)cc2)C(=O)N1Cc1ccc([N+](=O)[O-])cc1. The Bertz CT molecular complexity index is 980. The van der Waals surface area contributed by atoms with Gasteiger partial charge in [0.05, 0.1) is 16.4 Å². The van der Waals surface area contributed by atoms with Crippen LogP contribution in [-0.2, 0) is 11.3 Å². The highest BCUT2D eigenvalue weighted by atomic mass is 32.2. The lowest BCUT2D eigenvalue weighted by atomic mass is 10.1. The van der Waals surface area contributed by atoms with Crippen molar-refractivity contribution in [2.75, 3.05) is 18.0 Å². The molecule has 2 aliphatic rings. The zero-order chi connectivity index (χ0) is 20.4. The van der Waals surface area contributed by atoms with Gasteiger partial charge in [-0.2, -0.15) is 0 Å². The molecule has 2 heterocycles. The summed E-state index contributed by atoms with van der Waals surface area (Å²) < 4.78 is 0. The van der Waals surface area contributed by atoms with Crippen molar-refractivity contribution in [3.8, 4) is 0 Å². The Morgan fingerprint density at radius 2 is 1.66 bits per heavy atom. The first kappa shape index (κ1) is 19.2. The maximum atomic E-state index is 12.7. The predicted octanol–water partition coefficient (Wildman–Crippen LogP) is 4.43. The van der Waals surface area contributed by atoms with Crippen LogP contribution in [0.3, 0.4) is 0 Å². The van der Waals surface area contributed by atoms with Crippen molar-refractivity contribution < 1.29 is 14.5 Å². The molecule has 8 heteroatoms. The van der Waals surface area contributed by atoms with Crippen molar-refractivity contribution in [1.82, 2.24) is 4.90 Å². The van der Waals surface area contributed by atoms with Crippen molar-refractivity contribution in [2.45, 2.75) is 19.4 Å². The van der Waals surface area contributed by atoms with E-state index in [-0.39, 0.29) is 23.4 Å². The molecule has 2 aromatic rings. The van der Waals surface area contributed by atoms with Gasteiger partial charge in [0.2, 0.25) is 0 Å². The van der Waals surface area contributed by atoms with Crippen LogP contribution in [0, 0.1) is 10.1 Å². The normalized spacial score (nSPS) is 18.1. The van der Waals surface area contributed by atoms with Crippen LogP contribution < -0.4 is 4.90 Å². The van der Waals surface area contributed by atoms with E-state index >= 15 is 0 Å². The van der Waals surface area contributed by atoms with E-state index in [2.05, 4.69) is 4.90 Å². The molecule has 2 fully saturated rings. The Labute approximate surface area is 172 Å². The lowest BCUT2D eigenvalue weighted by molar-refractivity contribution is -0.384. The molecule has 148 valence electrons. The van der Waals surface area contributed by atoms with Gasteiger partial charge in [-0.3, -0.25) is 24.6 Å². The Balaban J connectivity index is 1.46. The molecule has 0 N–H and O–H groups in total. The van der Waals surface area contributed by atoms with Crippen LogP contribution in [-0.4, -0.2) is 34.1 Å². The van der Waals surface area contributed by atoms with Gasteiger partial charge in [-0.05, 0) is 53.9 Å². The second-order valence-corrected chi connectivity index (χ2v) is 7.97. The fraction of sp³-hybridized carbons (Fsp3) is 0.238. The van der Waals surface area contributed by atoms with Gasteiger partial charge in [0.1, 0.15) is 0 Å². The summed E-state index contributed by atoms with van der Waals surface area (Å²) in [6.07, 6.45) is 4.15. The molecule has 2 aromatic carbocycles. The van der Waals surface area contributed by atoms with Crippen LogP contribution in [0.25, 0.3) is 6.08 Å². The van der Waals surface area contributed by atoms with Gasteiger partial charge < -0.3 is 4.90 Å². The van der Waals surface area contributed by atoms with Crippen molar-refractivity contribution in [2.24, 2.45) is 0 Å². The summed E-state index contributed by atoms with van der Waals surface area (Å²) in [7, 11) is 0. The number of amides is 2. The minimum atomic E-state index is -0.484. The Morgan fingerprint density at radius 3 is 2.28 bits per heavy atom. The first-order chi connectivity index (χ1) is 14.0. The molecule has 4 rings (SSSR count). The van der Waals surface area contributed by atoms with Crippen LogP contribution in [0.4, 0.5) is 16.2 Å². The molecule has 0 radical (unpaired) electrons. The van der Waals surface area contributed by atoms with E-state index in [4.69, 9.17) is 0 Å². The second-order valence-electron chi connectivity index (χ2n) is 6.98. The Morgan fingerprint density at radius 1 is 1.00 bits per heavy atom. The summed E-state index contributed by atoms with van der Waals surface area (Å²) in [5, 5.41) is 10.4. The maximum Gasteiger partial charge on any atom is 0.293 e.